The second kappa shape index (κ2) is 12.2. The van der Waals surface area contributed by atoms with E-state index in [1.165, 1.54) is 4.90 Å². The Kier molecular flexibility index (Phi) is 8.83. The predicted octanol–water partition coefficient (Wildman–Crippen LogP) is 4.42. The minimum absolute atomic E-state index is 0.124. The van der Waals surface area contributed by atoms with Crippen molar-refractivity contribution in [3.63, 3.8) is 0 Å². The molecule has 0 N–H and O–H groups in total. The zero-order valence-corrected chi connectivity index (χ0v) is 25.2. The summed E-state index contributed by atoms with van der Waals surface area (Å²) in [6.45, 7) is 12.9. The number of ether oxygens (including phenoxy) is 1. The number of amides is 2. The minimum Gasteiger partial charge on any atom is -0.444 e. The van der Waals surface area contributed by atoms with Crippen molar-refractivity contribution in [2.75, 3.05) is 46.0 Å². The van der Waals surface area contributed by atoms with Crippen LogP contribution < -0.4 is 0 Å². The van der Waals surface area contributed by atoms with Crippen LogP contribution in [0.5, 0.6) is 0 Å². The Hall–Kier alpha value is -2.48. The molecule has 9 heteroatoms. The molecule has 8 nitrogen and oxygen atoms in total. The first-order valence-corrected chi connectivity index (χ1v) is 16.3. The fourth-order valence-corrected chi connectivity index (χ4v) is 9.71. The van der Waals surface area contributed by atoms with Crippen molar-refractivity contribution in [2.45, 2.75) is 53.6 Å². The molecule has 1 aliphatic carbocycles. The molecule has 216 valence electrons. The Morgan fingerprint density at radius 1 is 1.07 bits per heavy atom. The Balaban J connectivity index is 1.49. The Morgan fingerprint density at radius 3 is 2.35 bits per heavy atom. The van der Waals surface area contributed by atoms with Crippen molar-refractivity contribution in [3.8, 4) is 11.8 Å². The lowest BCUT2D eigenvalue weighted by atomic mass is 9.61. The molecule has 0 saturated carbocycles. The second-order valence-electron chi connectivity index (χ2n) is 11.7. The average molecular weight is 567 g/mol. The summed E-state index contributed by atoms with van der Waals surface area (Å²) in [6.07, 6.45) is 1.26. The van der Waals surface area contributed by atoms with E-state index in [0.29, 0.717) is 45.6 Å². The highest BCUT2D eigenvalue weighted by atomic mass is 28.4. The zero-order chi connectivity index (χ0) is 28.3. The van der Waals surface area contributed by atoms with Crippen molar-refractivity contribution in [2.24, 2.45) is 23.2 Å². The van der Waals surface area contributed by atoms with Gasteiger partial charge in [0.2, 0.25) is 5.91 Å². The summed E-state index contributed by atoms with van der Waals surface area (Å²) in [4.78, 5) is 31.7. The van der Waals surface area contributed by atoms with Crippen LogP contribution in [0.25, 0.3) is 0 Å². The van der Waals surface area contributed by atoms with Crippen molar-refractivity contribution < 1.29 is 27.6 Å². The smallest absolute Gasteiger partial charge is 0.444 e. The highest BCUT2D eigenvalue weighted by molar-refractivity contribution is 6.69. The number of likely N-dealkylation sites (tertiary alicyclic amines) is 1. The van der Waals surface area contributed by atoms with Gasteiger partial charge in [-0.2, -0.15) is 0 Å². The molecule has 1 aromatic rings. The maximum atomic E-state index is 14.5. The highest BCUT2D eigenvalue weighted by Gasteiger charge is 2.58. The number of carbonyl (C=O) groups is 2. The summed E-state index contributed by atoms with van der Waals surface area (Å²) >= 11 is 0. The van der Waals surface area contributed by atoms with Gasteiger partial charge in [0.25, 0.3) is 0 Å². The summed E-state index contributed by atoms with van der Waals surface area (Å²) in [5.74, 6) is 6.33. The minimum atomic E-state index is -3.13. The van der Waals surface area contributed by atoms with E-state index in [2.05, 4.69) is 37.5 Å². The lowest BCUT2D eigenvalue weighted by Crippen LogP contribution is -2.59. The van der Waals surface area contributed by atoms with Crippen molar-refractivity contribution in [1.29, 1.82) is 0 Å². The third-order valence-electron chi connectivity index (χ3n) is 9.26. The quantitative estimate of drug-likeness (QED) is 0.396. The van der Waals surface area contributed by atoms with E-state index >= 15 is 0 Å². The van der Waals surface area contributed by atoms with E-state index in [1.54, 1.807) is 0 Å². The van der Waals surface area contributed by atoms with Gasteiger partial charge in [0.05, 0.1) is 31.2 Å². The van der Waals surface area contributed by atoms with Crippen molar-refractivity contribution in [3.05, 3.63) is 46.7 Å². The Morgan fingerprint density at radius 2 is 1.73 bits per heavy atom. The summed E-state index contributed by atoms with van der Waals surface area (Å²) in [6, 6.07) is 9.55. The monoisotopic (exact) mass is 566 g/mol. The van der Waals surface area contributed by atoms with Crippen LogP contribution >= 0.6 is 0 Å². The lowest BCUT2D eigenvalue weighted by Gasteiger charge is -2.47. The van der Waals surface area contributed by atoms with Crippen LogP contribution in [0.4, 0.5) is 4.79 Å². The first-order valence-electron chi connectivity index (χ1n) is 14.6. The Bertz CT molecular complexity index is 1170. The number of benzene rings is 1. The normalized spacial score (nSPS) is 34.8. The van der Waals surface area contributed by atoms with Crippen LogP contribution in [0.3, 0.4) is 0 Å². The zero-order valence-electron chi connectivity index (χ0n) is 24.2. The van der Waals surface area contributed by atoms with Gasteiger partial charge in [0, 0.05) is 31.4 Å². The molecular weight excluding hydrogens is 524 g/mol. The van der Waals surface area contributed by atoms with Gasteiger partial charge in [-0.05, 0) is 50.5 Å². The number of nitrogens with zero attached hydrogens (tertiary/aromatic N) is 2. The summed E-state index contributed by atoms with van der Waals surface area (Å²) < 4.78 is 25.1. The lowest BCUT2D eigenvalue weighted by molar-refractivity contribution is -0.142. The molecule has 1 spiro atoms. The molecule has 0 aromatic heterocycles. The standard InChI is InChI=1S/C31H42N2O6Si/c1-5-9-27-25(4)28(40-37-17-14-32(15-18-38-40)16-19-39-40)12-13-31(27)20-23(2)24(3)21-33(29(31)34)30(35)36-22-26-10-7-6-8-11-26/h6-8,10-11,23-24,27H,12-22H2,1-4H3/t23-,24-,27-,31+/m0/s1. The molecule has 6 rings (SSSR count). The molecule has 1 aromatic carbocycles. The van der Waals surface area contributed by atoms with E-state index in [4.69, 9.17) is 18.0 Å². The van der Waals surface area contributed by atoms with Crippen LogP contribution in [0.15, 0.2) is 41.1 Å². The summed E-state index contributed by atoms with van der Waals surface area (Å²) in [5, 5.41) is 1.07. The van der Waals surface area contributed by atoms with Crippen LogP contribution in [-0.2, 0) is 29.4 Å². The van der Waals surface area contributed by atoms with E-state index in [0.717, 1.165) is 36.0 Å². The molecule has 2 bridgehead atoms. The summed E-state index contributed by atoms with van der Waals surface area (Å²) in [7, 11) is -3.13. The van der Waals surface area contributed by atoms with Crippen LogP contribution in [0, 0.1) is 35.0 Å². The van der Waals surface area contributed by atoms with E-state index in [1.807, 2.05) is 37.3 Å². The molecule has 4 fully saturated rings. The third kappa shape index (κ3) is 5.52. The fraction of sp³-hybridized carbons (Fsp3) is 0.613. The maximum absolute atomic E-state index is 14.5. The van der Waals surface area contributed by atoms with Gasteiger partial charge in [-0.25, -0.2) is 9.69 Å². The van der Waals surface area contributed by atoms with Gasteiger partial charge in [0.1, 0.15) is 6.61 Å². The number of fused-ring (bicyclic) bond motifs is 6. The molecular formula is C31H42N2O6Si. The molecule has 4 heterocycles. The predicted molar refractivity (Wildman–Crippen MR) is 153 cm³/mol. The molecule has 4 atom stereocenters. The van der Waals surface area contributed by atoms with Gasteiger partial charge in [-0.3, -0.25) is 9.69 Å². The van der Waals surface area contributed by atoms with E-state index < -0.39 is 20.3 Å². The van der Waals surface area contributed by atoms with Crippen LogP contribution in [0.1, 0.15) is 52.5 Å². The van der Waals surface area contributed by atoms with Crippen molar-refractivity contribution in [1.82, 2.24) is 9.80 Å². The van der Waals surface area contributed by atoms with Gasteiger partial charge in [-0.15, -0.1) is 5.92 Å². The van der Waals surface area contributed by atoms with Gasteiger partial charge in [0.15, 0.2) is 0 Å². The topological polar surface area (TPSA) is 77.5 Å². The first-order chi connectivity index (χ1) is 19.3. The first kappa shape index (κ1) is 29.0. The SMILES string of the molecule is CC#C[C@H]1C(C)=C([Si]23OCCN(CCO2)CCO3)CC[C@@]12C[C@H](C)[C@@H](C)CN(C(=O)OCc1ccccc1)C2=O. The maximum Gasteiger partial charge on any atom is 0.533 e. The molecule has 2 amide bonds. The van der Waals surface area contributed by atoms with E-state index in [9.17, 15) is 9.59 Å². The number of hydrogen-bond acceptors (Lipinski definition) is 7. The molecule has 5 aliphatic rings. The largest absolute Gasteiger partial charge is 0.533 e. The van der Waals surface area contributed by atoms with Crippen molar-refractivity contribution >= 4 is 20.8 Å². The number of rotatable bonds is 3. The number of hydrogen-bond donors (Lipinski definition) is 0. The number of carbonyl (C=O) groups excluding carboxylic acids is 2. The van der Waals surface area contributed by atoms with Crippen LogP contribution in [0.2, 0.25) is 0 Å². The third-order valence-corrected chi connectivity index (χ3v) is 12.4. The second-order valence-corrected chi connectivity index (χ2v) is 14.3. The summed E-state index contributed by atoms with van der Waals surface area (Å²) in [5.41, 5.74) is 1.06. The molecule has 4 aliphatic heterocycles. The van der Waals surface area contributed by atoms with Gasteiger partial charge >= 0.3 is 14.9 Å². The Labute approximate surface area is 239 Å². The molecule has 40 heavy (non-hydrogen) atoms. The number of imide groups is 1. The number of allylic oxidation sites excluding steroid dienone is 2. The highest BCUT2D eigenvalue weighted by Crippen LogP contribution is 2.53. The molecule has 0 unspecified atom stereocenters. The van der Waals surface area contributed by atoms with Gasteiger partial charge < -0.3 is 18.0 Å². The van der Waals surface area contributed by atoms with E-state index in [-0.39, 0.29) is 30.3 Å². The fourth-order valence-electron chi connectivity index (χ4n) is 6.80. The van der Waals surface area contributed by atoms with Gasteiger partial charge in [-0.1, -0.05) is 55.7 Å². The average Bonchev–Trinajstić information content (AvgIpc) is 3.00. The molecule has 0 radical (unpaired) electrons. The van der Waals surface area contributed by atoms with Crippen LogP contribution in [-0.4, -0.2) is 76.6 Å². The molecule has 4 saturated heterocycles.